The van der Waals surface area contributed by atoms with Crippen molar-refractivity contribution in [2.75, 3.05) is 0 Å². The monoisotopic (exact) mass is 231 g/mol. The van der Waals surface area contributed by atoms with Gasteiger partial charge in [-0.1, -0.05) is 12.1 Å². The van der Waals surface area contributed by atoms with Crippen molar-refractivity contribution < 1.29 is 14.6 Å². The molecule has 0 aliphatic carbocycles. The van der Waals surface area contributed by atoms with E-state index in [1.165, 1.54) is 0 Å². The van der Waals surface area contributed by atoms with Crippen LogP contribution in [0.2, 0.25) is 0 Å². The molecule has 0 aromatic heterocycles. The van der Waals surface area contributed by atoms with Crippen molar-refractivity contribution in [3.63, 3.8) is 0 Å². The van der Waals surface area contributed by atoms with E-state index in [4.69, 9.17) is 4.74 Å². The van der Waals surface area contributed by atoms with Gasteiger partial charge in [-0.3, -0.25) is 9.79 Å². The number of rotatable bonds is 4. The van der Waals surface area contributed by atoms with E-state index in [-0.39, 0.29) is 0 Å². The standard InChI is InChI=1S/C13H13NO3/c1-13(7-4-8-14-13)12(16)17-11-6-3-2-5-10(11)9-15/h2-9,12,16H,1H3. The number of allylic oxidation sites excluding steroid dienone is 1. The molecule has 0 radical (unpaired) electrons. The molecule has 0 saturated carbocycles. The minimum absolute atomic E-state index is 0.353. The van der Waals surface area contributed by atoms with Crippen molar-refractivity contribution >= 4 is 12.5 Å². The maximum absolute atomic E-state index is 10.8. The summed E-state index contributed by atoms with van der Waals surface area (Å²) in [7, 11) is 0. The van der Waals surface area contributed by atoms with Crippen molar-refractivity contribution in [3.8, 4) is 5.75 Å². The van der Waals surface area contributed by atoms with Crippen LogP contribution in [0.25, 0.3) is 0 Å². The number of carbonyl (C=O) groups is 1. The van der Waals surface area contributed by atoms with Crippen LogP contribution in [-0.2, 0) is 0 Å². The van der Waals surface area contributed by atoms with Gasteiger partial charge in [0.2, 0.25) is 6.29 Å². The van der Waals surface area contributed by atoms with Crippen LogP contribution in [0.5, 0.6) is 5.75 Å². The summed E-state index contributed by atoms with van der Waals surface area (Å²) >= 11 is 0. The molecule has 0 saturated heterocycles. The highest BCUT2D eigenvalue weighted by molar-refractivity contribution is 5.79. The Balaban J connectivity index is 2.18. The maximum atomic E-state index is 10.8. The Morgan fingerprint density at radius 2 is 2.24 bits per heavy atom. The number of hydrogen-bond acceptors (Lipinski definition) is 4. The first-order valence-electron chi connectivity index (χ1n) is 5.28. The van der Waals surface area contributed by atoms with Crippen LogP contribution in [0.1, 0.15) is 17.3 Å². The zero-order chi connectivity index (χ0) is 12.3. The third kappa shape index (κ3) is 2.26. The predicted molar refractivity (Wildman–Crippen MR) is 64.5 cm³/mol. The van der Waals surface area contributed by atoms with Gasteiger partial charge in [-0.2, -0.15) is 0 Å². The van der Waals surface area contributed by atoms with E-state index in [0.29, 0.717) is 17.6 Å². The van der Waals surface area contributed by atoms with Gasteiger partial charge in [-0.15, -0.1) is 0 Å². The maximum Gasteiger partial charge on any atom is 0.226 e. The molecule has 2 rings (SSSR count). The zero-order valence-corrected chi connectivity index (χ0v) is 9.41. The molecule has 88 valence electrons. The molecule has 4 heteroatoms. The average Bonchev–Trinajstić information content (AvgIpc) is 2.78. The van der Waals surface area contributed by atoms with E-state index in [1.807, 2.05) is 0 Å². The number of aliphatic hydroxyl groups is 1. The van der Waals surface area contributed by atoms with E-state index in [1.54, 1.807) is 49.6 Å². The van der Waals surface area contributed by atoms with Crippen LogP contribution in [0.3, 0.4) is 0 Å². The van der Waals surface area contributed by atoms with Crippen molar-refractivity contribution in [1.82, 2.24) is 0 Å². The highest BCUT2D eigenvalue weighted by Crippen LogP contribution is 2.25. The summed E-state index contributed by atoms with van der Waals surface area (Å²) in [5.74, 6) is 0.353. The average molecular weight is 231 g/mol. The first kappa shape index (κ1) is 11.5. The van der Waals surface area contributed by atoms with E-state index < -0.39 is 11.8 Å². The third-order valence-electron chi connectivity index (χ3n) is 2.66. The first-order valence-corrected chi connectivity index (χ1v) is 5.28. The molecule has 0 spiro atoms. The smallest absolute Gasteiger partial charge is 0.226 e. The summed E-state index contributed by atoms with van der Waals surface area (Å²) in [4.78, 5) is 14.9. The molecule has 17 heavy (non-hydrogen) atoms. The van der Waals surface area contributed by atoms with Gasteiger partial charge in [-0.25, -0.2) is 0 Å². The quantitative estimate of drug-likeness (QED) is 0.632. The largest absolute Gasteiger partial charge is 0.461 e. The number of ether oxygens (including phenoxy) is 1. The molecule has 1 N–H and O–H groups in total. The molecule has 1 aromatic carbocycles. The molecule has 1 aliphatic rings. The summed E-state index contributed by atoms with van der Waals surface area (Å²) in [6.07, 6.45) is 4.68. The van der Waals surface area contributed by atoms with Gasteiger partial charge in [0.05, 0.1) is 5.56 Å². The summed E-state index contributed by atoms with van der Waals surface area (Å²) < 4.78 is 5.38. The summed E-state index contributed by atoms with van der Waals surface area (Å²) in [6, 6.07) is 6.74. The fraction of sp³-hybridized carbons (Fsp3) is 0.231. The number of aliphatic hydroxyl groups excluding tert-OH is 1. The lowest BCUT2D eigenvalue weighted by Gasteiger charge is -2.26. The molecule has 1 aliphatic heterocycles. The van der Waals surface area contributed by atoms with Crippen LogP contribution < -0.4 is 4.74 Å². The predicted octanol–water partition coefficient (Wildman–Crippen LogP) is 1.60. The Hall–Kier alpha value is -1.94. The molecule has 0 amide bonds. The van der Waals surface area contributed by atoms with Gasteiger partial charge in [0.15, 0.2) is 6.29 Å². The molecular formula is C13H13NO3. The lowest BCUT2D eigenvalue weighted by atomic mass is 10.0. The zero-order valence-electron chi connectivity index (χ0n) is 9.41. The van der Waals surface area contributed by atoms with Gasteiger partial charge in [0.1, 0.15) is 11.3 Å². The van der Waals surface area contributed by atoms with Crippen LogP contribution in [0, 0.1) is 0 Å². The molecule has 4 nitrogen and oxygen atoms in total. The third-order valence-corrected chi connectivity index (χ3v) is 2.66. The van der Waals surface area contributed by atoms with Crippen molar-refractivity contribution in [1.29, 1.82) is 0 Å². The van der Waals surface area contributed by atoms with E-state index >= 15 is 0 Å². The Bertz CT molecular complexity index is 467. The van der Waals surface area contributed by atoms with Gasteiger partial charge < -0.3 is 9.84 Å². The number of aldehydes is 1. The minimum atomic E-state index is -1.13. The molecule has 1 aromatic rings. The molecule has 1 heterocycles. The second-order valence-corrected chi connectivity index (χ2v) is 3.99. The van der Waals surface area contributed by atoms with E-state index in [9.17, 15) is 9.90 Å². The Kier molecular flexibility index (Phi) is 3.06. The summed E-state index contributed by atoms with van der Waals surface area (Å²) in [6.45, 7) is 1.75. The number of carbonyl (C=O) groups excluding carboxylic acids is 1. The molecule has 0 bridgehead atoms. The van der Waals surface area contributed by atoms with Crippen LogP contribution in [0.15, 0.2) is 41.4 Å². The fourth-order valence-electron chi connectivity index (χ4n) is 1.56. The van der Waals surface area contributed by atoms with E-state index in [0.717, 1.165) is 0 Å². The van der Waals surface area contributed by atoms with Crippen LogP contribution >= 0.6 is 0 Å². The first-order chi connectivity index (χ1) is 8.15. The summed E-state index contributed by atoms with van der Waals surface area (Å²) in [5, 5.41) is 9.98. The number of benzene rings is 1. The highest BCUT2D eigenvalue weighted by Gasteiger charge is 2.33. The molecule has 2 unspecified atom stereocenters. The molecule has 2 atom stereocenters. The van der Waals surface area contributed by atoms with Gasteiger partial charge in [0.25, 0.3) is 0 Å². The number of aliphatic imine (C=N–C) groups is 1. The van der Waals surface area contributed by atoms with Crippen molar-refractivity contribution in [2.45, 2.75) is 18.8 Å². The van der Waals surface area contributed by atoms with Crippen molar-refractivity contribution in [3.05, 3.63) is 42.0 Å². The Labute approximate surface area is 99.3 Å². The highest BCUT2D eigenvalue weighted by atomic mass is 16.6. The number of nitrogens with zero attached hydrogens (tertiary/aromatic N) is 1. The second kappa shape index (κ2) is 4.51. The van der Waals surface area contributed by atoms with Crippen LogP contribution in [0.4, 0.5) is 0 Å². The molecule has 0 fully saturated rings. The van der Waals surface area contributed by atoms with Gasteiger partial charge in [0, 0.05) is 6.21 Å². The number of hydrogen-bond donors (Lipinski definition) is 1. The lowest BCUT2D eigenvalue weighted by molar-refractivity contribution is -0.0532. The lowest BCUT2D eigenvalue weighted by Crippen LogP contribution is -2.39. The Morgan fingerprint density at radius 1 is 1.47 bits per heavy atom. The van der Waals surface area contributed by atoms with Gasteiger partial charge >= 0.3 is 0 Å². The Morgan fingerprint density at radius 3 is 2.88 bits per heavy atom. The summed E-state index contributed by atoms with van der Waals surface area (Å²) in [5.41, 5.74) is -0.392. The molecular weight excluding hydrogens is 218 g/mol. The normalized spacial score (nSPS) is 23.6. The minimum Gasteiger partial charge on any atom is -0.461 e. The van der Waals surface area contributed by atoms with Crippen LogP contribution in [-0.4, -0.2) is 29.4 Å². The van der Waals surface area contributed by atoms with E-state index in [2.05, 4.69) is 4.99 Å². The SMILES string of the molecule is CC1(C(O)Oc2ccccc2C=O)C=CC=N1. The topological polar surface area (TPSA) is 58.9 Å². The van der Waals surface area contributed by atoms with Gasteiger partial charge in [-0.05, 0) is 31.2 Å². The second-order valence-electron chi connectivity index (χ2n) is 3.99. The number of para-hydroxylation sites is 1. The van der Waals surface area contributed by atoms with Crippen molar-refractivity contribution in [2.24, 2.45) is 4.99 Å². The fourth-order valence-corrected chi connectivity index (χ4v) is 1.56.